The summed E-state index contributed by atoms with van der Waals surface area (Å²) in [5.41, 5.74) is 9.81. The Morgan fingerprint density at radius 1 is 1.08 bits per heavy atom. The molecule has 0 radical (unpaired) electrons. The molecular formula is C19H24IN3O. The molecule has 0 bridgehead atoms. The minimum absolute atomic E-state index is 0. The molecule has 5 heteroatoms. The molecule has 2 aromatic carbocycles. The number of hydrogen-bond donors (Lipinski definition) is 2. The Labute approximate surface area is 160 Å². The molecule has 0 unspecified atom stereocenters. The number of nitrogens with two attached hydrogens (primary N) is 1. The molecule has 24 heavy (non-hydrogen) atoms. The third-order valence-electron chi connectivity index (χ3n) is 4.00. The summed E-state index contributed by atoms with van der Waals surface area (Å²) in [6.45, 7) is 2.30. The molecule has 4 nitrogen and oxygen atoms in total. The molecule has 1 aliphatic rings. The van der Waals surface area contributed by atoms with Gasteiger partial charge in [0.15, 0.2) is 5.96 Å². The highest BCUT2D eigenvalue weighted by Crippen LogP contribution is 2.25. The number of guanidine groups is 1. The first-order chi connectivity index (χ1) is 11.3. The van der Waals surface area contributed by atoms with Crippen LogP contribution in [0.4, 0.5) is 0 Å². The zero-order valence-corrected chi connectivity index (χ0v) is 16.0. The van der Waals surface area contributed by atoms with E-state index in [1.54, 1.807) is 0 Å². The lowest BCUT2D eigenvalue weighted by Gasteiger charge is -2.07. The fraction of sp³-hybridized carbons (Fsp3) is 0.316. The van der Waals surface area contributed by atoms with E-state index in [1.807, 2.05) is 18.2 Å². The van der Waals surface area contributed by atoms with Crippen molar-refractivity contribution in [3.05, 3.63) is 65.2 Å². The summed E-state index contributed by atoms with van der Waals surface area (Å²) in [7, 11) is 0. The van der Waals surface area contributed by atoms with Crippen LogP contribution in [-0.4, -0.2) is 25.7 Å². The monoisotopic (exact) mass is 437 g/mol. The van der Waals surface area contributed by atoms with Crippen molar-refractivity contribution in [3.63, 3.8) is 0 Å². The van der Waals surface area contributed by atoms with Crippen molar-refractivity contribution in [1.82, 2.24) is 5.32 Å². The van der Waals surface area contributed by atoms with Gasteiger partial charge in [0.25, 0.3) is 0 Å². The summed E-state index contributed by atoms with van der Waals surface area (Å²) in [6, 6.07) is 16.7. The Morgan fingerprint density at radius 3 is 2.75 bits per heavy atom. The van der Waals surface area contributed by atoms with Gasteiger partial charge in [0.2, 0.25) is 0 Å². The fourth-order valence-corrected chi connectivity index (χ4v) is 2.74. The van der Waals surface area contributed by atoms with Gasteiger partial charge < -0.3 is 15.8 Å². The lowest BCUT2D eigenvalue weighted by molar-refractivity contribution is 0.357. The van der Waals surface area contributed by atoms with Gasteiger partial charge in [0.05, 0.1) is 6.61 Å². The number of fused-ring (bicyclic) bond motifs is 1. The van der Waals surface area contributed by atoms with Gasteiger partial charge in [-0.15, -0.1) is 24.0 Å². The van der Waals surface area contributed by atoms with Crippen molar-refractivity contribution < 1.29 is 4.74 Å². The Bertz CT molecular complexity index is 674. The van der Waals surface area contributed by atoms with Crippen LogP contribution in [0.5, 0.6) is 5.75 Å². The number of benzene rings is 2. The van der Waals surface area contributed by atoms with Gasteiger partial charge in [-0.1, -0.05) is 42.5 Å². The van der Waals surface area contributed by atoms with E-state index in [0.717, 1.165) is 38.2 Å². The highest BCUT2D eigenvalue weighted by molar-refractivity contribution is 14.0. The van der Waals surface area contributed by atoms with Crippen LogP contribution in [0, 0.1) is 0 Å². The number of nitrogens with zero attached hydrogens (tertiary/aromatic N) is 1. The van der Waals surface area contributed by atoms with E-state index < -0.39 is 0 Å². The van der Waals surface area contributed by atoms with Gasteiger partial charge in [-0.2, -0.15) is 0 Å². The topological polar surface area (TPSA) is 59.6 Å². The molecule has 0 saturated carbocycles. The van der Waals surface area contributed by atoms with Crippen LogP contribution in [0.1, 0.15) is 16.7 Å². The maximum Gasteiger partial charge on any atom is 0.188 e. The maximum atomic E-state index is 5.91. The van der Waals surface area contributed by atoms with Crippen molar-refractivity contribution in [2.75, 3.05) is 19.7 Å². The Hall–Kier alpha value is -1.76. The summed E-state index contributed by atoms with van der Waals surface area (Å²) in [4.78, 5) is 4.37. The summed E-state index contributed by atoms with van der Waals surface area (Å²) in [5, 5.41) is 3.18. The van der Waals surface area contributed by atoms with E-state index in [-0.39, 0.29) is 24.0 Å². The van der Waals surface area contributed by atoms with Gasteiger partial charge in [-0.25, -0.2) is 0 Å². The van der Waals surface area contributed by atoms with Crippen molar-refractivity contribution in [1.29, 1.82) is 0 Å². The van der Waals surface area contributed by atoms with E-state index in [9.17, 15) is 0 Å². The number of aliphatic imine (C=N–C) groups is 1. The first-order valence-electron chi connectivity index (χ1n) is 8.13. The predicted octanol–water partition coefficient (Wildman–Crippen LogP) is 2.93. The van der Waals surface area contributed by atoms with Crippen LogP contribution in [0.25, 0.3) is 0 Å². The largest absolute Gasteiger partial charge is 0.493 e. The normalized spacial score (nSPS) is 12.9. The molecule has 0 amide bonds. The van der Waals surface area contributed by atoms with Gasteiger partial charge in [-0.3, -0.25) is 4.99 Å². The lowest BCUT2D eigenvalue weighted by Crippen LogP contribution is -2.33. The number of halogens is 1. The van der Waals surface area contributed by atoms with Crippen LogP contribution >= 0.6 is 24.0 Å². The zero-order chi connectivity index (χ0) is 15.9. The Morgan fingerprint density at radius 2 is 1.92 bits per heavy atom. The highest BCUT2D eigenvalue weighted by Gasteiger charge is 2.11. The first-order valence-corrected chi connectivity index (χ1v) is 8.13. The number of rotatable bonds is 6. The molecule has 0 spiro atoms. The molecule has 1 heterocycles. The third-order valence-corrected chi connectivity index (χ3v) is 4.00. The van der Waals surface area contributed by atoms with E-state index in [0.29, 0.717) is 12.5 Å². The van der Waals surface area contributed by atoms with E-state index in [2.05, 4.69) is 40.6 Å². The van der Waals surface area contributed by atoms with E-state index >= 15 is 0 Å². The van der Waals surface area contributed by atoms with Crippen molar-refractivity contribution in [3.8, 4) is 5.75 Å². The molecule has 128 valence electrons. The smallest absolute Gasteiger partial charge is 0.188 e. The van der Waals surface area contributed by atoms with Crippen molar-refractivity contribution in [2.24, 2.45) is 10.7 Å². The van der Waals surface area contributed by atoms with Gasteiger partial charge >= 0.3 is 0 Å². The molecule has 2 aromatic rings. The van der Waals surface area contributed by atoms with Crippen molar-refractivity contribution >= 4 is 29.9 Å². The molecule has 1 aliphatic heterocycles. The van der Waals surface area contributed by atoms with Gasteiger partial charge in [-0.05, 0) is 35.6 Å². The molecule has 3 rings (SSSR count). The van der Waals surface area contributed by atoms with Crippen LogP contribution in [0.2, 0.25) is 0 Å². The SMILES string of the molecule is I.NC(=NCCc1ccccc1)NCCc1ccc2c(c1)CCO2. The molecule has 0 saturated heterocycles. The highest BCUT2D eigenvalue weighted by atomic mass is 127. The number of nitrogens with one attached hydrogen (secondary N) is 1. The van der Waals surface area contributed by atoms with Gasteiger partial charge in [0, 0.05) is 19.5 Å². The van der Waals surface area contributed by atoms with Crippen LogP contribution < -0.4 is 15.8 Å². The second-order valence-electron chi connectivity index (χ2n) is 5.72. The molecular weight excluding hydrogens is 413 g/mol. The molecule has 0 fully saturated rings. The molecule has 0 aliphatic carbocycles. The van der Waals surface area contributed by atoms with Crippen molar-refractivity contribution in [2.45, 2.75) is 19.3 Å². The summed E-state index contributed by atoms with van der Waals surface area (Å²) < 4.78 is 5.52. The minimum atomic E-state index is 0. The predicted molar refractivity (Wildman–Crippen MR) is 109 cm³/mol. The fourth-order valence-electron chi connectivity index (χ4n) is 2.74. The first kappa shape index (κ1) is 18.6. The second-order valence-corrected chi connectivity index (χ2v) is 5.72. The maximum absolute atomic E-state index is 5.91. The second kappa shape index (κ2) is 9.52. The van der Waals surface area contributed by atoms with E-state index in [4.69, 9.17) is 10.5 Å². The average Bonchev–Trinajstić information content (AvgIpc) is 3.03. The lowest BCUT2D eigenvalue weighted by atomic mass is 10.1. The quantitative estimate of drug-likeness (QED) is 0.415. The van der Waals surface area contributed by atoms with E-state index in [1.165, 1.54) is 16.7 Å². The molecule has 3 N–H and O–H groups in total. The zero-order valence-electron chi connectivity index (χ0n) is 13.7. The van der Waals surface area contributed by atoms with Crippen LogP contribution in [0.15, 0.2) is 53.5 Å². The Balaban J connectivity index is 0.00000208. The summed E-state index contributed by atoms with van der Waals surface area (Å²) in [6.07, 6.45) is 2.86. The average molecular weight is 437 g/mol. The number of hydrogen-bond acceptors (Lipinski definition) is 2. The summed E-state index contributed by atoms with van der Waals surface area (Å²) in [5.74, 6) is 1.55. The standard InChI is InChI=1S/C19H23N3O.HI/c20-19(21-11-8-15-4-2-1-3-5-15)22-12-9-16-6-7-18-17(14-16)10-13-23-18;/h1-7,14H,8-13H2,(H3,20,21,22);1H. The minimum Gasteiger partial charge on any atom is -0.493 e. The van der Waals surface area contributed by atoms with Crippen LogP contribution in [-0.2, 0) is 19.3 Å². The molecule has 0 atom stereocenters. The summed E-state index contributed by atoms with van der Waals surface area (Å²) >= 11 is 0. The van der Waals surface area contributed by atoms with Gasteiger partial charge in [0.1, 0.15) is 5.75 Å². The Kier molecular flexibility index (Phi) is 7.36. The third kappa shape index (κ3) is 5.40. The number of ether oxygens (including phenoxy) is 1. The molecule has 0 aromatic heterocycles. The van der Waals surface area contributed by atoms with Crippen LogP contribution in [0.3, 0.4) is 0 Å².